The zero-order valence-corrected chi connectivity index (χ0v) is 20.2. The summed E-state index contributed by atoms with van der Waals surface area (Å²) in [5.41, 5.74) is -1.75. The fourth-order valence-electron chi connectivity index (χ4n) is 3.96. The van der Waals surface area contributed by atoms with Gasteiger partial charge in [-0.05, 0) is 60.2 Å². The van der Waals surface area contributed by atoms with Crippen LogP contribution in [0.15, 0.2) is 75.2 Å². The van der Waals surface area contributed by atoms with Crippen molar-refractivity contribution in [3.63, 3.8) is 0 Å². The maximum atomic E-state index is 13.9. The molecule has 0 aliphatic rings. The number of halogens is 3. The van der Waals surface area contributed by atoms with E-state index in [1.807, 2.05) is 0 Å². The van der Waals surface area contributed by atoms with Crippen LogP contribution in [0.3, 0.4) is 0 Å². The van der Waals surface area contributed by atoms with Crippen LogP contribution in [0.5, 0.6) is 5.75 Å². The highest BCUT2D eigenvalue weighted by Crippen LogP contribution is 2.19. The molecule has 10 nitrogen and oxygen atoms in total. The largest absolute Gasteiger partial charge is 0.497 e. The summed E-state index contributed by atoms with van der Waals surface area (Å²) in [5.74, 6) is -4.24. The average molecular weight is 536 g/mol. The minimum absolute atomic E-state index is 0.0813. The molecule has 0 saturated heterocycles. The number of rotatable bonds is 7. The van der Waals surface area contributed by atoms with E-state index in [1.165, 1.54) is 19.4 Å². The first-order valence-corrected chi connectivity index (χ1v) is 11.5. The van der Waals surface area contributed by atoms with Gasteiger partial charge < -0.3 is 15.0 Å². The van der Waals surface area contributed by atoms with E-state index in [0.29, 0.717) is 27.0 Å². The number of fused-ring (bicyclic) bond motifs is 1. The number of aromatic nitrogens is 5. The minimum Gasteiger partial charge on any atom is -0.497 e. The smallest absolute Gasteiger partial charge is 0.355 e. The number of benzene rings is 2. The first kappa shape index (κ1) is 25.4. The predicted octanol–water partition coefficient (Wildman–Crippen LogP) is 2.91. The van der Waals surface area contributed by atoms with Crippen molar-refractivity contribution in [2.24, 2.45) is 0 Å². The van der Waals surface area contributed by atoms with Crippen LogP contribution < -0.4 is 27.0 Å². The Morgan fingerprint density at radius 2 is 1.67 bits per heavy atom. The number of anilines is 2. The van der Waals surface area contributed by atoms with Gasteiger partial charge in [-0.15, -0.1) is 0 Å². The van der Waals surface area contributed by atoms with Gasteiger partial charge in [0.2, 0.25) is 5.95 Å². The Labute approximate surface area is 217 Å². The van der Waals surface area contributed by atoms with Gasteiger partial charge in [-0.25, -0.2) is 32.3 Å². The summed E-state index contributed by atoms with van der Waals surface area (Å²) in [4.78, 5) is 49.8. The third-order valence-corrected chi connectivity index (χ3v) is 5.90. The Kier molecular flexibility index (Phi) is 6.71. The van der Waals surface area contributed by atoms with Gasteiger partial charge in [-0.1, -0.05) is 0 Å². The van der Waals surface area contributed by atoms with Crippen molar-refractivity contribution in [3.05, 3.63) is 121 Å². The van der Waals surface area contributed by atoms with E-state index in [4.69, 9.17) is 4.74 Å². The van der Waals surface area contributed by atoms with Gasteiger partial charge in [0, 0.05) is 22.8 Å². The summed E-state index contributed by atoms with van der Waals surface area (Å²) in [7, 11) is 1.49. The molecule has 0 aliphatic heterocycles. The van der Waals surface area contributed by atoms with Gasteiger partial charge in [0.1, 0.15) is 11.4 Å². The molecule has 0 fully saturated rings. The number of methoxy groups -OCH3 is 1. The molecule has 0 bridgehead atoms. The van der Waals surface area contributed by atoms with Crippen molar-refractivity contribution in [1.29, 1.82) is 0 Å². The summed E-state index contributed by atoms with van der Waals surface area (Å²) in [6.45, 7) is -0.920. The third kappa shape index (κ3) is 5.14. The summed E-state index contributed by atoms with van der Waals surface area (Å²) in [5, 5.41) is 3.41. The highest BCUT2D eigenvalue weighted by molar-refractivity contribution is 5.74. The second-order valence-corrected chi connectivity index (χ2v) is 8.46. The maximum Gasteiger partial charge on any atom is 0.355 e. The molecule has 0 saturated carbocycles. The molecule has 39 heavy (non-hydrogen) atoms. The van der Waals surface area contributed by atoms with Crippen molar-refractivity contribution in [3.8, 4) is 5.75 Å². The number of aromatic amines is 1. The number of nitrogens with one attached hydrogen (secondary N) is 2. The van der Waals surface area contributed by atoms with Crippen molar-refractivity contribution < 1.29 is 17.9 Å². The fourth-order valence-corrected chi connectivity index (χ4v) is 3.96. The normalized spacial score (nSPS) is 11.1. The van der Waals surface area contributed by atoms with Gasteiger partial charge in [0.15, 0.2) is 17.5 Å². The molecule has 0 aliphatic carbocycles. The highest BCUT2D eigenvalue weighted by atomic mass is 19.2. The molecule has 2 N–H and O–H groups in total. The lowest BCUT2D eigenvalue weighted by molar-refractivity contribution is 0.415. The Hall–Kier alpha value is -5.20. The van der Waals surface area contributed by atoms with E-state index in [0.717, 1.165) is 16.7 Å². The van der Waals surface area contributed by atoms with Crippen molar-refractivity contribution in [2.45, 2.75) is 13.1 Å². The summed E-state index contributed by atoms with van der Waals surface area (Å²) in [6.07, 6.45) is 1.50. The standard InChI is InChI=1S/C26H19F3N6O4/c1-39-18-6-4-17(5-7-18)31-24-33-25(37)35(13-16-11-15-3-2-8-30-22(15)32-23(16)36)26(38)34(24)12-14-9-19(27)21(29)20(28)10-14/h2-11H,12-13H2,1H3,(H,30,32,36)(H,31,33,37). The molecular weight excluding hydrogens is 517 g/mol. The van der Waals surface area contributed by atoms with Gasteiger partial charge in [-0.3, -0.25) is 9.36 Å². The van der Waals surface area contributed by atoms with Crippen LogP contribution in [0.4, 0.5) is 24.8 Å². The Bertz CT molecular complexity index is 1860. The van der Waals surface area contributed by atoms with Gasteiger partial charge in [0.25, 0.3) is 5.56 Å². The molecule has 13 heteroatoms. The Balaban J connectivity index is 1.62. The summed E-state index contributed by atoms with van der Waals surface area (Å²) >= 11 is 0. The fraction of sp³-hybridized carbons (Fsp3) is 0.115. The lowest BCUT2D eigenvalue weighted by Gasteiger charge is -2.16. The molecule has 5 rings (SSSR count). The van der Waals surface area contributed by atoms with E-state index in [2.05, 4.69) is 20.3 Å². The van der Waals surface area contributed by atoms with Crippen molar-refractivity contribution in [1.82, 2.24) is 24.1 Å². The lowest BCUT2D eigenvalue weighted by atomic mass is 10.2. The zero-order chi connectivity index (χ0) is 27.7. The van der Waals surface area contributed by atoms with Gasteiger partial charge in [0.05, 0.1) is 20.2 Å². The molecule has 0 radical (unpaired) electrons. The first-order valence-electron chi connectivity index (χ1n) is 11.5. The van der Waals surface area contributed by atoms with E-state index in [1.54, 1.807) is 36.4 Å². The van der Waals surface area contributed by atoms with Crippen molar-refractivity contribution >= 4 is 22.7 Å². The topological polar surface area (TPSA) is 124 Å². The number of nitrogens with zero attached hydrogens (tertiary/aromatic N) is 4. The second kappa shape index (κ2) is 10.3. The van der Waals surface area contributed by atoms with Crippen LogP contribution in [0, 0.1) is 17.5 Å². The Morgan fingerprint density at radius 1 is 0.949 bits per heavy atom. The van der Waals surface area contributed by atoms with E-state index in [-0.39, 0.29) is 17.1 Å². The molecule has 0 amide bonds. The monoisotopic (exact) mass is 536 g/mol. The number of hydrogen-bond acceptors (Lipinski definition) is 7. The molecule has 2 aromatic carbocycles. The Morgan fingerprint density at radius 3 is 2.36 bits per heavy atom. The van der Waals surface area contributed by atoms with Crippen LogP contribution in [0.1, 0.15) is 11.1 Å². The maximum absolute atomic E-state index is 13.9. The lowest BCUT2D eigenvalue weighted by Crippen LogP contribution is -2.43. The molecule has 5 aromatic rings. The van der Waals surface area contributed by atoms with Crippen LogP contribution in [-0.4, -0.2) is 31.2 Å². The molecule has 0 spiro atoms. The molecule has 3 heterocycles. The number of H-pyrrole nitrogens is 1. The van der Waals surface area contributed by atoms with Gasteiger partial charge >= 0.3 is 11.4 Å². The number of hydrogen-bond donors (Lipinski definition) is 2. The average Bonchev–Trinajstić information content (AvgIpc) is 2.92. The molecule has 0 atom stereocenters. The van der Waals surface area contributed by atoms with E-state index >= 15 is 0 Å². The highest BCUT2D eigenvalue weighted by Gasteiger charge is 2.18. The van der Waals surface area contributed by atoms with Crippen LogP contribution in [0.2, 0.25) is 0 Å². The second-order valence-electron chi connectivity index (χ2n) is 8.46. The van der Waals surface area contributed by atoms with Crippen LogP contribution in [0.25, 0.3) is 11.0 Å². The predicted molar refractivity (Wildman–Crippen MR) is 136 cm³/mol. The van der Waals surface area contributed by atoms with Crippen molar-refractivity contribution in [2.75, 3.05) is 12.4 Å². The van der Waals surface area contributed by atoms with E-state index in [9.17, 15) is 27.6 Å². The summed E-state index contributed by atoms with van der Waals surface area (Å²) in [6, 6.07) is 12.8. The van der Waals surface area contributed by atoms with Crippen LogP contribution in [-0.2, 0) is 13.1 Å². The molecule has 0 unspecified atom stereocenters. The first-order chi connectivity index (χ1) is 18.7. The van der Waals surface area contributed by atoms with Crippen LogP contribution >= 0.6 is 0 Å². The minimum atomic E-state index is -1.66. The quantitative estimate of drug-likeness (QED) is 0.307. The van der Waals surface area contributed by atoms with Gasteiger partial charge in [-0.2, -0.15) is 4.98 Å². The molecular formula is C26H19F3N6O4. The zero-order valence-electron chi connectivity index (χ0n) is 20.2. The number of pyridine rings is 2. The SMILES string of the molecule is COc1ccc(Nc2nc(=O)n(Cc3cc4cccnc4[nH]c3=O)c(=O)n2Cc2cc(F)c(F)c(F)c2)cc1. The molecule has 3 aromatic heterocycles. The molecule has 198 valence electrons. The van der Waals surface area contributed by atoms with E-state index < -0.39 is 47.5 Å². The number of ether oxygens (including phenoxy) is 1. The summed E-state index contributed by atoms with van der Waals surface area (Å²) < 4.78 is 48.2. The third-order valence-electron chi connectivity index (χ3n) is 5.90.